The average Bonchev–Trinajstić information content (AvgIpc) is 3.01. The molecule has 2 aliphatic heterocycles. The van der Waals surface area contributed by atoms with Gasteiger partial charge in [0.25, 0.3) is 0 Å². The molecule has 0 aromatic heterocycles. The Morgan fingerprint density at radius 2 is 2.05 bits per heavy atom. The second-order valence-electron chi connectivity index (χ2n) is 5.65. The summed E-state index contributed by atoms with van der Waals surface area (Å²) in [5.41, 5.74) is 1.29. The molecule has 1 unspecified atom stereocenters. The second kappa shape index (κ2) is 5.80. The highest BCUT2D eigenvalue weighted by molar-refractivity contribution is 5.59. The third-order valence-corrected chi connectivity index (χ3v) is 4.45. The van der Waals surface area contributed by atoms with Crippen LogP contribution < -0.4 is 4.90 Å². The van der Waals surface area contributed by atoms with Crippen LogP contribution in [0.15, 0.2) is 18.2 Å². The molecule has 2 saturated heterocycles. The van der Waals surface area contributed by atoms with Gasteiger partial charge < -0.3 is 9.64 Å². The Labute approximate surface area is 119 Å². The first-order chi connectivity index (χ1) is 9.78. The summed E-state index contributed by atoms with van der Waals surface area (Å²) in [4.78, 5) is 2.20. The van der Waals surface area contributed by atoms with E-state index in [1.54, 1.807) is 6.07 Å². The quantitative estimate of drug-likeness (QED) is 0.831. The summed E-state index contributed by atoms with van der Waals surface area (Å²) in [6.45, 7) is 2.75. The molecule has 0 aliphatic carbocycles. The van der Waals surface area contributed by atoms with E-state index < -0.39 is 0 Å². The minimum absolute atomic E-state index is 0.348. The van der Waals surface area contributed by atoms with Gasteiger partial charge in [0.05, 0.1) is 17.4 Å². The molecule has 1 atom stereocenters. The summed E-state index contributed by atoms with van der Waals surface area (Å²) < 4.78 is 19.0. The molecule has 1 aromatic carbocycles. The van der Waals surface area contributed by atoms with Gasteiger partial charge >= 0.3 is 0 Å². The molecule has 2 heterocycles. The fourth-order valence-corrected chi connectivity index (χ4v) is 3.36. The van der Waals surface area contributed by atoms with Crippen molar-refractivity contribution in [1.29, 1.82) is 5.26 Å². The normalized spacial score (nSPS) is 23.8. The number of hydrogen-bond donors (Lipinski definition) is 0. The van der Waals surface area contributed by atoms with Crippen molar-refractivity contribution in [2.24, 2.45) is 5.92 Å². The SMILES string of the molecule is N#Cc1cc(F)ccc1N1CCC(C2CCCO2)CC1. The lowest BCUT2D eigenvalue weighted by Gasteiger charge is -2.36. The van der Waals surface area contributed by atoms with Crippen LogP contribution in [0.5, 0.6) is 0 Å². The van der Waals surface area contributed by atoms with E-state index in [2.05, 4.69) is 11.0 Å². The van der Waals surface area contributed by atoms with Crippen LogP contribution >= 0.6 is 0 Å². The highest BCUT2D eigenvalue weighted by Crippen LogP contribution is 2.32. The molecule has 2 aliphatic rings. The Bertz CT molecular complexity index is 512. The number of ether oxygens (including phenoxy) is 1. The molecule has 0 spiro atoms. The van der Waals surface area contributed by atoms with Crippen molar-refractivity contribution in [2.75, 3.05) is 24.6 Å². The molecule has 0 amide bonds. The van der Waals surface area contributed by atoms with E-state index in [1.165, 1.54) is 25.0 Å². The van der Waals surface area contributed by atoms with Crippen LogP contribution in [0.25, 0.3) is 0 Å². The number of piperidine rings is 1. The van der Waals surface area contributed by atoms with E-state index in [4.69, 9.17) is 10.00 Å². The van der Waals surface area contributed by atoms with Crippen molar-refractivity contribution in [3.8, 4) is 6.07 Å². The molecular weight excluding hydrogens is 255 g/mol. The van der Waals surface area contributed by atoms with Crippen LogP contribution in [0, 0.1) is 23.1 Å². The minimum Gasteiger partial charge on any atom is -0.378 e. The summed E-state index contributed by atoms with van der Waals surface area (Å²) in [6, 6.07) is 6.57. The summed E-state index contributed by atoms with van der Waals surface area (Å²) >= 11 is 0. The highest BCUT2D eigenvalue weighted by Gasteiger charge is 2.30. The monoisotopic (exact) mass is 274 g/mol. The molecule has 0 bridgehead atoms. The number of nitrogens with zero attached hydrogens (tertiary/aromatic N) is 2. The Balaban J connectivity index is 1.67. The molecule has 2 fully saturated rings. The van der Waals surface area contributed by atoms with Crippen molar-refractivity contribution in [3.05, 3.63) is 29.6 Å². The van der Waals surface area contributed by atoms with Gasteiger partial charge in [-0.15, -0.1) is 0 Å². The third-order valence-electron chi connectivity index (χ3n) is 4.45. The van der Waals surface area contributed by atoms with Crippen LogP contribution in [-0.4, -0.2) is 25.8 Å². The van der Waals surface area contributed by atoms with E-state index in [1.807, 2.05) is 0 Å². The molecule has 1 aromatic rings. The molecule has 3 rings (SSSR count). The van der Waals surface area contributed by atoms with E-state index in [0.29, 0.717) is 17.6 Å². The Morgan fingerprint density at radius 1 is 1.25 bits per heavy atom. The maximum atomic E-state index is 13.2. The molecule has 4 heteroatoms. The largest absolute Gasteiger partial charge is 0.378 e. The predicted octanol–water partition coefficient (Wildman–Crippen LogP) is 3.09. The zero-order valence-electron chi connectivity index (χ0n) is 11.5. The zero-order valence-corrected chi connectivity index (χ0v) is 11.5. The van der Waals surface area contributed by atoms with Gasteiger partial charge in [-0.1, -0.05) is 0 Å². The van der Waals surface area contributed by atoms with E-state index in [-0.39, 0.29) is 5.82 Å². The number of benzene rings is 1. The van der Waals surface area contributed by atoms with Crippen molar-refractivity contribution in [1.82, 2.24) is 0 Å². The van der Waals surface area contributed by atoms with Gasteiger partial charge in [0.2, 0.25) is 0 Å². The van der Waals surface area contributed by atoms with Gasteiger partial charge in [-0.3, -0.25) is 0 Å². The molecule has 3 nitrogen and oxygen atoms in total. The Morgan fingerprint density at radius 3 is 2.70 bits per heavy atom. The van der Waals surface area contributed by atoms with Gasteiger partial charge in [0.15, 0.2) is 0 Å². The first-order valence-corrected chi connectivity index (χ1v) is 7.34. The van der Waals surface area contributed by atoms with Crippen molar-refractivity contribution in [3.63, 3.8) is 0 Å². The Kier molecular flexibility index (Phi) is 3.88. The number of nitriles is 1. The highest BCUT2D eigenvalue weighted by atomic mass is 19.1. The second-order valence-corrected chi connectivity index (χ2v) is 5.65. The summed E-state index contributed by atoms with van der Waals surface area (Å²) in [5.74, 6) is 0.291. The summed E-state index contributed by atoms with van der Waals surface area (Å²) in [5, 5.41) is 9.13. The number of rotatable bonds is 2. The van der Waals surface area contributed by atoms with E-state index in [9.17, 15) is 4.39 Å². The minimum atomic E-state index is -0.348. The lowest BCUT2D eigenvalue weighted by Crippen LogP contribution is -2.38. The van der Waals surface area contributed by atoms with Gasteiger partial charge in [0.1, 0.15) is 11.9 Å². The number of halogens is 1. The smallest absolute Gasteiger partial charge is 0.124 e. The van der Waals surface area contributed by atoms with E-state index in [0.717, 1.165) is 38.2 Å². The number of anilines is 1. The standard InChI is InChI=1S/C16H19FN2O/c17-14-3-4-15(13(10-14)11-18)19-7-5-12(6-8-19)16-2-1-9-20-16/h3-4,10,12,16H,1-2,5-9H2. The van der Waals surface area contributed by atoms with Gasteiger partial charge in [0, 0.05) is 19.7 Å². The van der Waals surface area contributed by atoms with Crippen LogP contribution in [0.2, 0.25) is 0 Å². The average molecular weight is 274 g/mol. The van der Waals surface area contributed by atoms with Crippen molar-refractivity contribution >= 4 is 5.69 Å². The topological polar surface area (TPSA) is 36.3 Å². The van der Waals surface area contributed by atoms with Crippen LogP contribution in [-0.2, 0) is 4.74 Å². The lowest BCUT2D eigenvalue weighted by molar-refractivity contribution is 0.0531. The predicted molar refractivity (Wildman–Crippen MR) is 75.0 cm³/mol. The fourth-order valence-electron chi connectivity index (χ4n) is 3.36. The summed E-state index contributed by atoms with van der Waals surface area (Å²) in [7, 11) is 0. The zero-order chi connectivity index (χ0) is 13.9. The van der Waals surface area contributed by atoms with E-state index >= 15 is 0 Å². The van der Waals surface area contributed by atoms with Crippen LogP contribution in [0.3, 0.4) is 0 Å². The van der Waals surface area contributed by atoms with Crippen molar-refractivity contribution < 1.29 is 9.13 Å². The molecule has 20 heavy (non-hydrogen) atoms. The maximum absolute atomic E-state index is 13.2. The van der Waals surface area contributed by atoms with Gasteiger partial charge in [-0.25, -0.2) is 4.39 Å². The maximum Gasteiger partial charge on any atom is 0.124 e. The molecule has 0 saturated carbocycles. The molecule has 0 radical (unpaired) electrons. The van der Waals surface area contributed by atoms with Crippen LogP contribution in [0.1, 0.15) is 31.2 Å². The Hall–Kier alpha value is -1.60. The molecule has 0 N–H and O–H groups in total. The lowest BCUT2D eigenvalue weighted by atomic mass is 9.89. The number of hydrogen-bond acceptors (Lipinski definition) is 3. The van der Waals surface area contributed by atoms with Gasteiger partial charge in [-0.2, -0.15) is 5.26 Å². The first-order valence-electron chi connectivity index (χ1n) is 7.34. The van der Waals surface area contributed by atoms with Crippen molar-refractivity contribution in [2.45, 2.75) is 31.8 Å². The summed E-state index contributed by atoms with van der Waals surface area (Å²) in [6.07, 6.45) is 4.98. The molecule has 106 valence electrons. The first kappa shape index (κ1) is 13.4. The van der Waals surface area contributed by atoms with Crippen LogP contribution in [0.4, 0.5) is 10.1 Å². The van der Waals surface area contributed by atoms with Gasteiger partial charge in [-0.05, 0) is 49.8 Å². The molecular formula is C16H19FN2O. The third kappa shape index (κ3) is 2.64. The fraction of sp³-hybridized carbons (Fsp3) is 0.562.